The van der Waals surface area contributed by atoms with E-state index in [0.717, 1.165) is 22.9 Å². The molecule has 0 saturated heterocycles. The molecule has 0 aliphatic heterocycles. The molecule has 0 aliphatic rings. The first-order valence-corrected chi connectivity index (χ1v) is 7.71. The van der Waals surface area contributed by atoms with E-state index < -0.39 is 10.7 Å². The lowest BCUT2D eigenvalue weighted by Crippen LogP contribution is -2.17. The second kappa shape index (κ2) is 6.72. The van der Waals surface area contributed by atoms with Crippen LogP contribution in [0.3, 0.4) is 0 Å². The Kier molecular flexibility index (Phi) is 4.47. The molecule has 3 rings (SSSR count). The van der Waals surface area contributed by atoms with Crippen molar-refractivity contribution in [1.82, 2.24) is 10.2 Å². The fourth-order valence-corrected chi connectivity index (χ4v) is 2.63. The minimum Gasteiger partial charge on any atom is -0.354 e. The largest absolute Gasteiger partial charge is 0.354 e. The van der Waals surface area contributed by atoms with Gasteiger partial charge in [0, 0.05) is 36.9 Å². The summed E-state index contributed by atoms with van der Waals surface area (Å²) >= 11 is 0. The van der Waals surface area contributed by atoms with E-state index in [-0.39, 0.29) is 12.2 Å². The third-order valence-electron chi connectivity index (χ3n) is 4.05. The molecule has 0 fully saturated rings. The number of nitrogens with one attached hydrogen (secondary N) is 1. The van der Waals surface area contributed by atoms with Gasteiger partial charge in [-0.15, -0.1) is 0 Å². The van der Waals surface area contributed by atoms with E-state index in [4.69, 9.17) is 0 Å². The van der Waals surface area contributed by atoms with E-state index in [1.54, 1.807) is 11.9 Å². The Morgan fingerprint density at radius 1 is 1.24 bits per heavy atom. The Labute approximate surface area is 144 Å². The number of hydrogen-bond acceptors (Lipinski definition) is 4. The van der Waals surface area contributed by atoms with Crippen molar-refractivity contribution in [1.29, 1.82) is 0 Å². The van der Waals surface area contributed by atoms with Crippen molar-refractivity contribution in [3.05, 3.63) is 75.6 Å². The average Bonchev–Trinajstić information content (AvgIpc) is 3.07. The Hall–Kier alpha value is -3.22. The van der Waals surface area contributed by atoms with Gasteiger partial charge in [-0.1, -0.05) is 24.3 Å². The molecule has 0 saturated carbocycles. The molecule has 0 atom stereocenters. The molecule has 1 aromatic heterocycles. The van der Waals surface area contributed by atoms with E-state index in [1.165, 1.54) is 12.1 Å². The molecule has 0 radical (unpaired) electrons. The van der Waals surface area contributed by atoms with Crippen molar-refractivity contribution in [3.63, 3.8) is 0 Å². The summed E-state index contributed by atoms with van der Waals surface area (Å²) < 4.78 is 14.1. The van der Waals surface area contributed by atoms with Gasteiger partial charge < -0.3 is 4.90 Å². The number of aryl methyl sites for hydroxylation is 1. The Balaban J connectivity index is 1.80. The smallest absolute Gasteiger partial charge is 0.272 e. The van der Waals surface area contributed by atoms with Gasteiger partial charge in [-0.25, -0.2) is 4.39 Å². The fourth-order valence-electron chi connectivity index (χ4n) is 2.63. The number of aromatic amines is 1. The Morgan fingerprint density at radius 3 is 2.68 bits per heavy atom. The number of rotatable bonds is 5. The summed E-state index contributed by atoms with van der Waals surface area (Å²) in [5.74, 6) is 0.0618. The number of benzene rings is 2. The molecular weight excluding hydrogens is 323 g/mol. The molecule has 7 heteroatoms. The van der Waals surface area contributed by atoms with Gasteiger partial charge in [0.15, 0.2) is 5.82 Å². The minimum atomic E-state index is -0.612. The molecule has 2 aromatic carbocycles. The maximum Gasteiger partial charge on any atom is 0.272 e. The van der Waals surface area contributed by atoms with Crippen molar-refractivity contribution < 1.29 is 9.31 Å². The molecule has 0 unspecified atom stereocenters. The maximum absolute atomic E-state index is 14.1. The number of nitro benzene ring substituents is 1. The summed E-state index contributed by atoms with van der Waals surface area (Å²) in [6.45, 7) is 2.27. The van der Waals surface area contributed by atoms with Crippen LogP contribution in [0, 0.1) is 22.9 Å². The zero-order valence-electron chi connectivity index (χ0n) is 13.9. The fraction of sp³-hybridized carbons (Fsp3) is 0.167. The Morgan fingerprint density at radius 2 is 2.00 bits per heavy atom. The van der Waals surface area contributed by atoms with E-state index in [2.05, 4.69) is 10.2 Å². The summed E-state index contributed by atoms with van der Waals surface area (Å²) in [5.41, 5.74) is 3.17. The number of anilines is 1. The number of halogens is 1. The molecule has 128 valence electrons. The van der Waals surface area contributed by atoms with E-state index in [1.807, 2.05) is 37.3 Å². The lowest BCUT2D eigenvalue weighted by Gasteiger charge is -2.16. The predicted molar refractivity (Wildman–Crippen MR) is 93.9 cm³/mol. The summed E-state index contributed by atoms with van der Waals surface area (Å²) in [6.07, 6.45) is 0. The van der Waals surface area contributed by atoms with E-state index in [9.17, 15) is 14.5 Å². The number of nitro groups is 1. The van der Waals surface area contributed by atoms with Crippen LogP contribution in [0.5, 0.6) is 0 Å². The lowest BCUT2D eigenvalue weighted by molar-refractivity contribution is -0.385. The number of nitrogens with zero attached hydrogens (tertiary/aromatic N) is 3. The van der Waals surface area contributed by atoms with Crippen LogP contribution < -0.4 is 4.90 Å². The maximum atomic E-state index is 14.1. The highest BCUT2D eigenvalue weighted by atomic mass is 19.1. The highest BCUT2D eigenvalue weighted by molar-refractivity contribution is 5.66. The highest BCUT2D eigenvalue weighted by Gasteiger charge is 2.14. The molecule has 0 aliphatic carbocycles. The van der Waals surface area contributed by atoms with Crippen LogP contribution in [-0.2, 0) is 6.54 Å². The van der Waals surface area contributed by atoms with Crippen molar-refractivity contribution >= 4 is 11.5 Å². The van der Waals surface area contributed by atoms with Crippen molar-refractivity contribution in [2.24, 2.45) is 0 Å². The highest BCUT2D eigenvalue weighted by Crippen LogP contribution is 2.25. The monoisotopic (exact) mass is 340 g/mol. The van der Waals surface area contributed by atoms with Crippen LogP contribution in [0.4, 0.5) is 15.9 Å². The van der Waals surface area contributed by atoms with Crippen LogP contribution in [0.15, 0.2) is 48.5 Å². The number of aromatic nitrogens is 2. The molecule has 6 nitrogen and oxygen atoms in total. The third kappa shape index (κ3) is 3.50. The molecular formula is C18H17FN4O2. The molecule has 0 bridgehead atoms. The minimum absolute atomic E-state index is 0.252. The van der Waals surface area contributed by atoms with Crippen LogP contribution in [0.25, 0.3) is 11.3 Å². The predicted octanol–water partition coefficient (Wildman–Crippen LogP) is 4.07. The van der Waals surface area contributed by atoms with E-state index >= 15 is 0 Å². The zero-order valence-corrected chi connectivity index (χ0v) is 13.9. The second-order valence-electron chi connectivity index (χ2n) is 5.84. The summed E-state index contributed by atoms with van der Waals surface area (Å²) in [4.78, 5) is 11.9. The first-order valence-electron chi connectivity index (χ1n) is 7.71. The van der Waals surface area contributed by atoms with Gasteiger partial charge in [-0.2, -0.15) is 5.10 Å². The lowest BCUT2D eigenvalue weighted by atomic mass is 10.1. The van der Waals surface area contributed by atoms with Crippen molar-refractivity contribution in [3.8, 4) is 11.3 Å². The van der Waals surface area contributed by atoms with Gasteiger partial charge in [-0.3, -0.25) is 15.2 Å². The SMILES string of the molecule is Cc1ccccc1-c1cc(N(C)Cc2ccc([N+](=O)[O-])cc2F)n[nH]1. The van der Waals surface area contributed by atoms with Crippen molar-refractivity contribution in [2.45, 2.75) is 13.5 Å². The normalized spacial score (nSPS) is 10.7. The van der Waals surface area contributed by atoms with Crippen LogP contribution >= 0.6 is 0 Å². The first-order chi connectivity index (χ1) is 12.0. The number of hydrogen-bond donors (Lipinski definition) is 1. The van der Waals surface area contributed by atoms with Gasteiger partial charge in [0.25, 0.3) is 5.69 Å². The molecule has 1 heterocycles. The van der Waals surface area contributed by atoms with E-state index in [0.29, 0.717) is 11.4 Å². The third-order valence-corrected chi connectivity index (χ3v) is 4.05. The zero-order chi connectivity index (χ0) is 18.0. The average molecular weight is 340 g/mol. The van der Waals surface area contributed by atoms with Crippen LogP contribution in [-0.4, -0.2) is 22.2 Å². The summed E-state index contributed by atoms with van der Waals surface area (Å²) in [6, 6.07) is 13.5. The van der Waals surface area contributed by atoms with Crippen molar-refractivity contribution in [2.75, 3.05) is 11.9 Å². The topological polar surface area (TPSA) is 75.1 Å². The number of non-ortho nitro benzene ring substituents is 1. The Bertz CT molecular complexity index is 923. The summed E-state index contributed by atoms with van der Waals surface area (Å²) in [7, 11) is 1.79. The molecule has 0 amide bonds. The molecule has 25 heavy (non-hydrogen) atoms. The van der Waals surface area contributed by atoms with Gasteiger partial charge in [0.2, 0.25) is 0 Å². The first kappa shape index (κ1) is 16.6. The standard InChI is InChI=1S/C18H17FN4O2/c1-12-5-3-4-6-15(12)17-10-18(21-20-17)22(2)11-13-7-8-14(23(24)25)9-16(13)19/h3-10H,11H2,1-2H3,(H,20,21). The number of H-pyrrole nitrogens is 1. The molecule has 0 spiro atoms. The van der Waals surface area contributed by atoms with Gasteiger partial charge >= 0.3 is 0 Å². The summed E-state index contributed by atoms with van der Waals surface area (Å²) in [5, 5.41) is 18.0. The second-order valence-corrected chi connectivity index (χ2v) is 5.84. The van der Waals surface area contributed by atoms with Crippen LogP contribution in [0.2, 0.25) is 0 Å². The molecule has 1 N–H and O–H groups in total. The van der Waals surface area contributed by atoms with Gasteiger partial charge in [0.1, 0.15) is 5.82 Å². The van der Waals surface area contributed by atoms with Gasteiger partial charge in [-0.05, 0) is 18.6 Å². The molecule has 3 aromatic rings. The quantitative estimate of drug-likeness (QED) is 0.561. The van der Waals surface area contributed by atoms with Gasteiger partial charge in [0.05, 0.1) is 16.7 Å². The van der Waals surface area contributed by atoms with Crippen LogP contribution in [0.1, 0.15) is 11.1 Å².